The fourth-order valence-corrected chi connectivity index (χ4v) is 1.81. The van der Waals surface area contributed by atoms with Gasteiger partial charge >= 0.3 is 5.97 Å². The van der Waals surface area contributed by atoms with Crippen LogP contribution in [0.2, 0.25) is 0 Å². The topological polar surface area (TPSA) is 55.8 Å². The molecule has 0 aromatic rings. The Kier molecular flexibility index (Phi) is 5.25. The maximum absolute atomic E-state index is 11.7. The second-order valence-corrected chi connectivity index (χ2v) is 3.89. The van der Waals surface area contributed by atoms with Gasteiger partial charge in [0.2, 0.25) is 5.91 Å². The van der Waals surface area contributed by atoms with Crippen molar-refractivity contribution in [1.29, 1.82) is 0 Å². The molecule has 92 valence electrons. The molecule has 1 aliphatic heterocycles. The maximum Gasteiger partial charge on any atom is 0.306 e. The van der Waals surface area contributed by atoms with Crippen LogP contribution >= 0.6 is 0 Å². The van der Waals surface area contributed by atoms with Crippen molar-refractivity contribution in [2.45, 2.75) is 31.8 Å². The second kappa shape index (κ2) is 6.48. The summed E-state index contributed by atoms with van der Waals surface area (Å²) in [6.45, 7) is 1.44. The molecule has 0 N–H and O–H groups in total. The third-order valence-corrected chi connectivity index (χ3v) is 2.90. The number of piperidine rings is 1. The van der Waals surface area contributed by atoms with E-state index < -0.39 is 0 Å². The van der Waals surface area contributed by atoms with Gasteiger partial charge < -0.3 is 14.4 Å². The van der Waals surface area contributed by atoms with Crippen molar-refractivity contribution < 1.29 is 19.1 Å². The summed E-state index contributed by atoms with van der Waals surface area (Å²) in [5, 5.41) is 0. The van der Waals surface area contributed by atoms with Crippen LogP contribution in [-0.2, 0) is 19.1 Å². The first kappa shape index (κ1) is 13.0. The van der Waals surface area contributed by atoms with Crippen LogP contribution < -0.4 is 0 Å². The minimum Gasteiger partial charge on any atom is -0.469 e. The number of hydrogen-bond acceptors (Lipinski definition) is 4. The number of ether oxygens (including phenoxy) is 2. The van der Waals surface area contributed by atoms with Crippen molar-refractivity contribution in [3.05, 3.63) is 0 Å². The molecular weight excluding hydrogens is 210 g/mol. The molecule has 1 aliphatic rings. The SMILES string of the molecule is COC(=O)CCC(=O)N1CCC(OC)CC1. The number of likely N-dealkylation sites (tertiary alicyclic amines) is 1. The highest BCUT2D eigenvalue weighted by atomic mass is 16.5. The summed E-state index contributed by atoms with van der Waals surface area (Å²) in [4.78, 5) is 24.4. The minimum absolute atomic E-state index is 0.0277. The Morgan fingerprint density at radius 3 is 2.31 bits per heavy atom. The third kappa shape index (κ3) is 3.81. The number of nitrogens with zero attached hydrogens (tertiary/aromatic N) is 1. The zero-order valence-corrected chi connectivity index (χ0v) is 9.90. The average Bonchev–Trinajstić information content (AvgIpc) is 2.35. The zero-order chi connectivity index (χ0) is 12.0. The summed E-state index contributed by atoms with van der Waals surface area (Å²) < 4.78 is 9.72. The summed E-state index contributed by atoms with van der Waals surface area (Å²) in [7, 11) is 3.02. The van der Waals surface area contributed by atoms with E-state index in [1.165, 1.54) is 7.11 Å². The van der Waals surface area contributed by atoms with Gasteiger partial charge in [0, 0.05) is 26.6 Å². The molecule has 0 unspecified atom stereocenters. The lowest BCUT2D eigenvalue weighted by Gasteiger charge is -2.31. The van der Waals surface area contributed by atoms with E-state index in [1.807, 2.05) is 0 Å². The van der Waals surface area contributed by atoms with Gasteiger partial charge in [0.1, 0.15) is 0 Å². The molecule has 0 radical (unpaired) electrons. The van der Waals surface area contributed by atoms with Crippen LogP contribution in [0.3, 0.4) is 0 Å². The normalized spacial score (nSPS) is 17.2. The number of esters is 1. The van der Waals surface area contributed by atoms with Crippen LogP contribution in [0, 0.1) is 0 Å². The van der Waals surface area contributed by atoms with Gasteiger partial charge in [-0.15, -0.1) is 0 Å². The van der Waals surface area contributed by atoms with Crippen molar-refractivity contribution in [2.24, 2.45) is 0 Å². The first-order valence-electron chi connectivity index (χ1n) is 5.54. The lowest BCUT2D eigenvalue weighted by atomic mass is 10.1. The molecule has 1 amide bonds. The Morgan fingerprint density at radius 1 is 1.19 bits per heavy atom. The zero-order valence-electron chi connectivity index (χ0n) is 9.90. The van der Waals surface area contributed by atoms with Crippen molar-refractivity contribution in [3.63, 3.8) is 0 Å². The summed E-state index contributed by atoms with van der Waals surface area (Å²) >= 11 is 0. The van der Waals surface area contributed by atoms with E-state index in [4.69, 9.17) is 4.74 Å². The van der Waals surface area contributed by atoms with Gasteiger partial charge in [0.05, 0.1) is 19.6 Å². The Morgan fingerprint density at radius 2 is 1.81 bits per heavy atom. The molecular formula is C11H19NO4. The molecule has 1 fully saturated rings. The first-order chi connectivity index (χ1) is 7.67. The van der Waals surface area contributed by atoms with E-state index >= 15 is 0 Å². The van der Waals surface area contributed by atoms with Crippen LogP contribution in [0.15, 0.2) is 0 Å². The van der Waals surface area contributed by atoms with Crippen LogP contribution in [0.1, 0.15) is 25.7 Å². The molecule has 0 saturated carbocycles. The maximum atomic E-state index is 11.7. The first-order valence-corrected chi connectivity index (χ1v) is 5.54. The number of amides is 1. The van der Waals surface area contributed by atoms with Crippen molar-refractivity contribution in [2.75, 3.05) is 27.3 Å². The minimum atomic E-state index is -0.333. The van der Waals surface area contributed by atoms with E-state index in [1.54, 1.807) is 12.0 Å². The molecule has 1 rings (SSSR count). The standard InChI is InChI=1S/C11H19NO4/c1-15-9-5-7-12(8-6-9)10(13)3-4-11(14)16-2/h9H,3-8H2,1-2H3. The summed E-state index contributed by atoms with van der Waals surface area (Å²) in [5.74, 6) is -0.305. The fourth-order valence-electron chi connectivity index (χ4n) is 1.81. The monoisotopic (exact) mass is 229 g/mol. The van der Waals surface area contributed by atoms with Gasteiger partial charge in [-0.25, -0.2) is 0 Å². The Hall–Kier alpha value is -1.10. The van der Waals surface area contributed by atoms with Crippen molar-refractivity contribution >= 4 is 11.9 Å². The van der Waals surface area contributed by atoms with E-state index in [0.717, 1.165) is 25.9 Å². The highest BCUT2D eigenvalue weighted by Crippen LogP contribution is 2.14. The molecule has 0 bridgehead atoms. The molecule has 16 heavy (non-hydrogen) atoms. The Labute approximate surface area is 95.7 Å². The van der Waals surface area contributed by atoms with Crippen LogP contribution in [0.25, 0.3) is 0 Å². The fraction of sp³-hybridized carbons (Fsp3) is 0.818. The Balaban J connectivity index is 2.25. The second-order valence-electron chi connectivity index (χ2n) is 3.89. The molecule has 0 aliphatic carbocycles. The average molecular weight is 229 g/mol. The lowest BCUT2D eigenvalue weighted by molar-refractivity contribution is -0.144. The van der Waals surface area contributed by atoms with Crippen molar-refractivity contribution in [3.8, 4) is 0 Å². The van der Waals surface area contributed by atoms with E-state index in [2.05, 4.69) is 4.74 Å². The number of hydrogen-bond donors (Lipinski definition) is 0. The number of methoxy groups -OCH3 is 2. The molecule has 0 aromatic heterocycles. The smallest absolute Gasteiger partial charge is 0.306 e. The van der Waals surface area contributed by atoms with E-state index in [-0.39, 0.29) is 30.8 Å². The molecule has 1 heterocycles. The van der Waals surface area contributed by atoms with E-state index in [9.17, 15) is 9.59 Å². The molecule has 0 spiro atoms. The van der Waals surface area contributed by atoms with Gasteiger partial charge in [-0.1, -0.05) is 0 Å². The molecule has 0 aromatic carbocycles. The molecule has 0 atom stereocenters. The summed E-state index contributed by atoms with van der Waals surface area (Å²) in [6, 6.07) is 0. The quantitative estimate of drug-likeness (QED) is 0.662. The van der Waals surface area contributed by atoms with Crippen LogP contribution in [0.4, 0.5) is 0 Å². The summed E-state index contributed by atoms with van der Waals surface area (Å²) in [6.07, 6.45) is 2.43. The van der Waals surface area contributed by atoms with E-state index in [0.29, 0.717) is 0 Å². The van der Waals surface area contributed by atoms with Gasteiger partial charge in [0.15, 0.2) is 0 Å². The predicted octanol–water partition coefficient (Wildman–Crippen LogP) is 0.577. The van der Waals surface area contributed by atoms with Crippen molar-refractivity contribution in [1.82, 2.24) is 4.90 Å². The van der Waals surface area contributed by atoms with Gasteiger partial charge in [-0.2, -0.15) is 0 Å². The molecule has 5 nitrogen and oxygen atoms in total. The molecule has 5 heteroatoms. The summed E-state index contributed by atoms with van der Waals surface area (Å²) in [5.41, 5.74) is 0. The predicted molar refractivity (Wildman–Crippen MR) is 57.9 cm³/mol. The molecule has 1 saturated heterocycles. The van der Waals surface area contributed by atoms with Gasteiger partial charge in [-0.05, 0) is 12.8 Å². The lowest BCUT2D eigenvalue weighted by Crippen LogP contribution is -2.40. The largest absolute Gasteiger partial charge is 0.469 e. The van der Waals surface area contributed by atoms with Crippen LogP contribution in [0.5, 0.6) is 0 Å². The van der Waals surface area contributed by atoms with Gasteiger partial charge in [-0.3, -0.25) is 9.59 Å². The Bertz CT molecular complexity index is 246. The van der Waals surface area contributed by atoms with Crippen LogP contribution in [-0.4, -0.2) is 50.2 Å². The highest BCUT2D eigenvalue weighted by molar-refractivity contribution is 5.81. The number of carbonyl (C=O) groups excluding carboxylic acids is 2. The number of rotatable bonds is 4. The third-order valence-electron chi connectivity index (χ3n) is 2.90. The van der Waals surface area contributed by atoms with Gasteiger partial charge in [0.25, 0.3) is 0 Å². The highest BCUT2D eigenvalue weighted by Gasteiger charge is 2.22. The number of carbonyl (C=O) groups is 2.